The van der Waals surface area contributed by atoms with E-state index in [0.717, 1.165) is 29.5 Å². The van der Waals surface area contributed by atoms with Crippen molar-refractivity contribution in [2.45, 2.75) is 0 Å². The maximum absolute atomic E-state index is 14.0. The molecule has 0 spiro atoms. The molecule has 11 heteroatoms. The number of nitrogen functional groups attached to an aromatic ring is 1. The molecule has 178 valence electrons. The predicted octanol–water partition coefficient (Wildman–Crippen LogP) is 4.94. The molecule has 0 saturated heterocycles. The monoisotopic (exact) mass is 496 g/mol. The molecule has 1 amide bonds. The van der Waals surface area contributed by atoms with Crippen molar-refractivity contribution in [1.29, 1.82) is 0 Å². The third-order valence-electron chi connectivity index (χ3n) is 4.90. The highest BCUT2D eigenvalue weighted by Gasteiger charge is 2.24. The number of benzene rings is 3. The van der Waals surface area contributed by atoms with E-state index < -0.39 is 28.9 Å². The zero-order valence-electron chi connectivity index (χ0n) is 18.1. The molecule has 0 unspecified atom stereocenters. The fraction of sp³-hybridized carbons (Fsp3) is 0.0417. The van der Waals surface area contributed by atoms with E-state index >= 15 is 0 Å². The topological polar surface area (TPSA) is 127 Å². The van der Waals surface area contributed by atoms with Crippen LogP contribution in [0.25, 0.3) is 0 Å². The first kappa shape index (κ1) is 23.6. The SMILES string of the molecule is COc1ccc(O)c(NC(=O)c2ccc(Nc3nc(N)c(C(=O)c4c(F)cccc4F)s3)cc2)c1. The summed E-state index contributed by atoms with van der Waals surface area (Å²) >= 11 is 0.843. The van der Waals surface area contributed by atoms with Gasteiger partial charge >= 0.3 is 0 Å². The lowest BCUT2D eigenvalue weighted by molar-refractivity contribution is 0.102. The average molecular weight is 496 g/mol. The van der Waals surface area contributed by atoms with Crippen LogP contribution in [0.2, 0.25) is 0 Å². The van der Waals surface area contributed by atoms with Gasteiger partial charge in [-0.1, -0.05) is 17.4 Å². The maximum atomic E-state index is 14.0. The Bertz CT molecular complexity index is 1400. The van der Waals surface area contributed by atoms with E-state index in [4.69, 9.17) is 10.5 Å². The van der Waals surface area contributed by atoms with Crippen molar-refractivity contribution < 1.29 is 28.2 Å². The second-order valence-corrected chi connectivity index (χ2v) is 8.20. The lowest BCUT2D eigenvalue weighted by Crippen LogP contribution is -2.12. The number of phenolic OH excluding ortho intramolecular Hbond substituents is 1. The minimum absolute atomic E-state index is 0.106. The second-order valence-electron chi connectivity index (χ2n) is 7.20. The first-order valence-electron chi connectivity index (χ1n) is 10.1. The summed E-state index contributed by atoms with van der Waals surface area (Å²) in [5.41, 5.74) is 6.14. The number of ketones is 1. The number of carbonyl (C=O) groups is 2. The van der Waals surface area contributed by atoms with Crippen molar-refractivity contribution in [3.8, 4) is 11.5 Å². The molecule has 4 rings (SSSR count). The minimum atomic E-state index is -0.992. The molecule has 3 aromatic carbocycles. The maximum Gasteiger partial charge on any atom is 0.255 e. The Hall–Kier alpha value is -4.51. The standard InChI is InChI=1S/C24H18F2N4O4S/c1-34-14-9-10-18(31)17(11-14)29-23(33)12-5-7-13(8-6-12)28-24-30-22(27)21(35-24)20(32)19-15(25)3-2-4-16(19)26/h2-11,31H,27H2,1H3,(H,28,30)(H,29,33). The molecule has 35 heavy (non-hydrogen) atoms. The molecular weight excluding hydrogens is 478 g/mol. The van der Waals surface area contributed by atoms with Gasteiger partial charge < -0.3 is 26.2 Å². The van der Waals surface area contributed by atoms with Gasteiger partial charge in [0, 0.05) is 17.3 Å². The molecule has 8 nitrogen and oxygen atoms in total. The molecule has 0 saturated carbocycles. The van der Waals surface area contributed by atoms with Crippen molar-refractivity contribution in [1.82, 2.24) is 4.98 Å². The zero-order chi connectivity index (χ0) is 25.1. The number of carbonyl (C=O) groups excluding carboxylic acids is 2. The summed E-state index contributed by atoms with van der Waals surface area (Å²) in [6.45, 7) is 0. The van der Waals surface area contributed by atoms with Crippen LogP contribution in [0.15, 0.2) is 60.7 Å². The molecule has 4 aromatic rings. The van der Waals surface area contributed by atoms with Crippen LogP contribution >= 0.6 is 11.3 Å². The first-order chi connectivity index (χ1) is 16.8. The van der Waals surface area contributed by atoms with Gasteiger partial charge in [0.25, 0.3) is 5.91 Å². The van der Waals surface area contributed by atoms with Crippen molar-refractivity contribution in [3.05, 3.63) is 88.3 Å². The van der Waals surface area contributed by atoms with Gasteiger partial charge in [-0.3, -0.25) is 9.59 Å². The Morgan fingerprint density at radius 3 is 2.40 bits per heavy atom. The summed E-state index contributed by atoms with van der Waals surface area (Å²) in [5.74, 6) is -3.16. The molecule has 0 fully saturated rings. The van der Waals surface area contributed by atoms with E-state index in [1.807, 2.05) is 0 Å². The van der Waals surface area contributed by atoms with Crippen LogP contribution in [0.5, 0.6) is 11.5 Å². The number of phenols is 1. The van der Waals surface area contributed by atoms with Crippen LogP contribution in [0.1, 0.15) is 25.6 Å². The third kappa shape index (κ3) is 5.04. The fourth-order valence-corrected chi connectivity index (χ4v) is 3.99. The zero-order valence-corrected chi connectivity index (χ0v) is 19.0. The highest BCUT2D eigenvalue weighted by atomic mass is 32.1. The van der Waals surface area contributed by atoms with Crippen LogP contribution in [0, 0.1) is 11.6 Å². The minimum Gasteiger partial charge on any atom is -0.506 e. The molecule has 0 aliphatic rings. The summed E-state index contributed by atoms with van der Waals surface area (Å²) in [7, 11) is 1.47. The van der Waals surface area contributed by atoms with Crippen molar-refractivity contribution in [2.24, 2.45) is 0 Å². The highest BCUT2D eigenvalue weighted by molar-refractivity contribution is 7.18. The van der Waals surface area contributed by atoms with Gasteiger partial charge in [-0.05, 0) is 48.5 Å². The predicted molar refractivity (Wildman–Crippen MR) is 129 cm³/mol. The lowest BCUT2D eigenvalue weighted by atomic mass is 10.1. The quantitative estimate of drug-likeness (QED) is 0.211. The molecular formula is C24H18F2N4O4S. The van der Waals surface area contributed by atoms with E-state index in [9.17, 15) is 23.5 Å². The Labute approximate surface area is 202 Å². The Morgan fingerprint density at radius 2 is 1.74 bits per heavy atom. The van der Waals surface area contributed by atoms with Crippen LogP contribution < -0.4 is 21.1 Å². The molecule has 0 radical (unpaired) electrons. The van der Waals surface area contributed by atoms with Gasteiger partial charge in [-0.25, -0.2) is 13.8 Å². The summed E-state index contributed by atoms with van der Waals surface area (Å²) in [5, 5.41) is 15.7. The largest absolute Gasteiger partial charge is 0.506 e. The first-order valence-corrected chi connectivity index (χ1v) is 10.9. The van der Waals surface area contributed by atoms with Gasteiger partial charge in [-0.15, -0.1) is 0 Å². The number of nitrogens with zero attached hydrogens (tertiary/aromatic N) is 1. The number of ether oxygens (including phenoxy) is 1. The Kier molecular flexibility index (Phi) is 6.60. The van der Waals surface area contributed by atoms with Crippen molar-refractivity contribution in [2.75, 3.05) is 23.5 Å². The van der Waals surface area contributed by atoms with Gasteiger partial charge in [0.15, 0.2) is 5.13 Å². The number of aromatic nitrogens is 1. The van der Waals surface area contributed by atoms with Crippen LogP contribution in [-0.4, -0.2) is 28.9 Å². The molecule has 0 atom stereocenters. The number of hydrogen-bond acceptors (Lipinski definition) is 8. The number of nitrogens with two attached hydrogens (primary N) is 1. The van der Waals surface area contributed by atoms with Crippen LogP contribution in [0.3, 0.4) is 0 Å². The van der Waals surface area contributed by atoms with Gasteiger partial charge in [-0.2, -0.15) is 0 Å². The molecule has 0 bridgehead atoms. The summed E-state index contributed by atoms with van der Waals surface area (Å²) in [6, 6.07) is 13.8. The number of anilines is 4. The smallest absolute Gasteiger partial charge is 0.255 e. The summed E-state index contributed by atoms with van der Waals surface area (Å²) in [6.07, 6.45) is 0. The van der Waals surface area contributed by atoms with Gasteiger partial charge in [0.1, 0.15) is 33.8 Å². The van der Waals surface area contributed by atoms with E-state index in [1.165, 1.54) is 31.4 Å². The van der Waals surface area contributed by atoms with E-state index in [-0.39, 0.29) is 27.3 Å². The Morgan fingerprint density at radius 1 is 1.06 bits per heavy atom. The number of halogens is 2. The molecule has 0 aliphatic carbocycles. The molecule has 1 aromatic heterocycles. The number of methoxy groups -OCH3 is 1. The molecule has 0 aliphatic heterocycles. The van der Waals surface area contributed by atoms with Gasteiger partial charge in [0.05, 0.1) is 18.4 Å². The number of amides is 1. The van der Waals surface area contributed by atoms with Crippen molar-refractivity contribution in [3.63, 3.8) is 0 Å². The van der Waals surface area contributed by atoms with E-state index in [1.54, 1.807) is 18.2 Å². The number of thiazole rings is 1. The Balaban J connectivity index is 1.48. The normalized spacial score (nSPS) is 10.6. The number of hydrogen-bond donors (Lipinski definition) is 4. The second kappa shape index (κ2) is 9.77. The molecule has 1 heterocycles. The number of nitrogens with one attached hydrogen (secondary N) is 2. The van der Waals surface area contributed by atoms with Crippen LogP contribution in [0.4, 0.5) is 31.1 Å². The highest BCUT2D eigenvalue weighted by Crippen LogP contribution is 2.31. The number of aromatic hydroxyl groups is 1. The summed E-state index contributed by atoms with van der Waals surface area (Å²) < 4.78 is 33.1. The summed E-state index contributed by atoms with van der Waals surface area (Å²) in [4.78, 5) is 29.1. The molecule has 5 N–H and O–H groups in total. The van der Waals surface area contributed by atoms with Crippen molar-refractivity contribution >= 4 is 45.4 Å². The number of rotatable bonds is 7. The average Bonchev–Trinajstić information content (AvgIpc) is 3.20. The van der Waals surface area contributed by atoms with Gasteiger partial charge in [0.2, 0.25) is 5.78 Å². The third-order valence-corrected chi connectivity index (χ3v) is 5.89. The lowest BCUT2D eigenvalue weighted by Gasteiger charge is -2.10. The van der Waals surface area contributed by atoms with E-state index in [2.05, 4.69) is 15.6 Å². The van der Waals surface area contributed by atoms with Crippen LogP contribution in [-0.2, 0) is 0 Å². The van der Waals surface area contributed by atoms with E-state index in [0.29, 0.717) is 17.0 Å². The fourth-order valence-electron chi connectivity index (χ4n) is 3.14.